The number of ether oxygens (including phenoxy) is 3. The lowest BCUT2D eigenvalue weighted by Crippen LogP contribution is -2.14. The minimum atomic E-state index is -0.374. The Hall–Kier alpha value is -3.42. The number of halogens is 2. The number of carbonyl (C=O) groups excluding carboxylic acids is 2. The SMILES string of the molecule is COc1cc(C(=O)Nc2ccc(NC(=O)c3ccc(Cl)cc3Cl)cc2)cc(OC)c1OC. The molecule has 3 aromatic rings. The quantitative estimate of drug-likeness (QED) is 0.470. The molecule has 0 fully saturated rings. The van der Waals surface area contributed by atoms with Gasteiger partial charge >= 0.3 is 0 Å². The molecule has 3 aromatic carbocycles. The van der Waals surface area contributed by atoms with Crippen molar-refractivity contribution in [3.63, 3.8) is 0 Å². The van der Waals surface area contributed by atoms with Gasteiger partial charge < -0.3 is 24.8 Å². The molecule has 0 aromatic heterocycles. The van der Waals surface area contributed by atoms with Crippen LogP contribution < -0.4 is 24.8 Å². The van der Waals surface area contributed by atoms with Gasteiger partial charge in [-0.05, 0) is 54.6 Å². The molecule has 0 saturated carbocycles. The van der Waals surface area contributed by atoms with E-state index in [-0.39, 0.29) is 16.8 Å². The van der Waals surface area contributed by atoms with Crippen LogP contribution >= 0.6 is 23.2 Å². The number of hydrogen-bond donors (Lipinski definition) is 2. The number of nitrogens with one attached hydrogen (secondary N) is 2. The number of methoxy groups -OCH3 is 3. The van der Waals surface area contributed by atoms with Gasteiger partial charge in [-0.1, -0.05) is 23.2 Å². The second kappa shape index (κ2) is 10.3. The summed E-state index contributed by atoms with van der Waals surface area (Å²) in [6.07, 6.45) is 0. The maximum atomic E-state index is 12.7. The molecule has 7 nitrogen and oxygen atoms in total. The van der Waals surface area contributed by atoms with Gasteiger partial charge in [0.05, 0.1) is 31.9 Å². The Labute approximate surface area is 195 Å². The average Bonchev–Trinajstić information content (AvgIpc) is 2.79. The number of rotatable bonds is 7. The number of anilines is 2. The Bertz CT molecular complexity index is 1120. The highest BCUT2D eigenvalue weighted by Gasteiger charge is 2.17. The zero-order valence-electron chi connectivity index (χ0n) is 17.5. The van der Waals surface area contributed by atoms with E-state index in [1.54, 1.807) is 48.5 Å². The lowest BCUT2D eigenvalue weighted by molar-refractivity contribution is 0.101. The van der Waals surface area contributed by atoms with E-state index in [0.29, 0.717) is 44.8 Å². The van der Waals surface area contributed by atoms with E-state index in [1.807, 2.05) is 0 Å². The summed E-state index contributed by atoms with van der Waals surface area (Å²) in [4.78, 5) is 25.1. The normalized spacial score (nSPS) is 10.3. The molecular formula is C23H20Cl2N2O5. The largest absolute Gasteiger partial charge is 0.493 e. The van der Waals surface area contributed by atoms with Crippen molar-refractivity contribution in [2.24, 2.45) is 0 Å². The molecule has 0 atom stereocenters. The standard InChI is InChI=1S/C23H20Cl2N2O5/c1-30-19-10-13(11-20(31-2)21(19)32-3)22(28)26-15-5-7-16(8-6-15)27-23(29)17-9-4-14(24)12-18(17)25/h4-12H,1-3H3,(H,26,28)(H,27,29). The Morgan fingerprint density at radius 2 is 1.25 bits per heavy atom. The first kappa shape index (κ1) is 23.2. The molecule has 3 rings (SSSR count). The monoisotopic (exact) mass is 474 g/mol. The van der Waals surface area contributed by atoms with E-state index in [4.69, 9.17) is 37.4 Å². The fourth-order valence-corrected chi connectivity index (χ4v) is 3.42. The first-order chi connectivity index (χ1) is 15.4. The Balaban J connectivity index is 1.72. The first-order valence-corrected chi connectivity index (χ1v) is 10.1. The molecule has 0 spiro atoms. The van der Waals surface area contributed by atoms with Crippen LogP contribution in [0.15, 0.2) is 54.6 Å². The third kappa shape index (κ3) is 5.25. The van der Waals surface area contributed by atoms with Crippen molar-refractivity contribution in [2.45, 2.75) is 0 Å². The predicted molar refractivity (Wildman–Crippen MR) is 125 cm³/mol. The molecule has 0 aliphatic heterocycles. The zero-order valence-corrected chi connectivity index (χ0v) is 19.0. The van der Waals surface area contributed by atoms with Crippen LogP contribution in [0.1, 0.15) is 20.7 Å². The summed E-state index contributed by atoms with van der Waals surface area (Å²) in [6, 6.07) is 14.4. The van der Waals surface area contributed by atoms with Crippen LogP contribution in [0.5, 0.6) is 17.2 Å². The van der Waals surface area contributed by atoms with Crippen LogP contribution in [0.25, 0.3) is 0 Å². The van der Waals surface area contributed by atoms with Crippen LogP contribution in [-0.4, -0.2) is 33.1 Å². The summed E-state index contributed by atoms with van der Waals surface area (Å²) in [5.41, 5.74) is 1.70. The maximum absolute atomic E-state index is 12.7. The van der Waals surface area contributed by atoms with E-state index in [2.05, 4.69) is 10.6 Å². The van der Waals surface area contributed by atoms with Crippen molar-refractivity contribution in [1.29, 1.82) is 0 Å². The third-order valence-corrected chi connectivity index (χ3v) is 5.05. The minimum absolute atomic E-state index is 0.254. The van der Waals surface area contributed by atoms with Crippen molar-refractivity contribution in [3.05, 3.63) is 75.8 Å². The molecule has 0 bridgehead atoms. The predicted octanol–water partition coefficient (Wildman–Crippen LogP) is 5.52. The minimum Gasteiger partial charge on any atom is -0.493 e. The molecule has 32 heavy (non-hydrogen) atoms. The molecule has 166 valence electrons. The topological polar surface area (TPSA) is 85.9 Å². The van der Waals surface area contributed by atoms with Crippen LogP contribution in [-0.2, 0) is 0 Å². The molecule has 0 radical (unpaired) electrons. The van der Waals surface area contributed by atoms with E-state index in [1.165, 1.54) is 27.4 Å². The van der Waals surface area contributed by atoms with Crippen molar-refractivity contribution < 1.29 is 23.8 Å². The highest BCUT2D eigenvalue weighted by atomic mass is 35.5. The molecule has 0 unspecified atom stereocenters. The lowest BCUT2D eigenvalue weighted by atomic mass is 10.1. The van der Waals surface area contributed by atoms with Crippen LogP contribution in [0.2, 0.25) is 10.0 Å². The number of hydrogen-bond acceptors (Lipinski definition) is 5. The summed E-state index contributed by atoms with van der Waals surface area (Å²) in [7, 11) is 4.44. The Morgan fingerprint density at radius 3 is 1.72 bits per heavy atom. The first-order valence-electron chi connectivity index (χ1n) is 9.34. The van der Waals surface area contributed by atoms with Gasteiger partial charge in [0, 0.05) is 22.0 Å². The molecule has 0 heterocycles. The second-order valence-corrected chi connectivity index (χ2v) is 7.37. The van der Waals surface area contributed by atoms with Crippen molar-refractivity contribution >= 4 is 46.4 Å². The molecule has 0 aliphatic carbocycles. The number of benzene rings is 3. The van der Waals surface area contributed by atoms with Crippen molar-refractivity contribution in [1.82, 2.24) is 0 Å². The van der Waals surface area contributed by atoms with Crippen molar-refractivity contribution in [2.75, 3.05) is 32.0 Å². The average molecular weight is 475 g/mol. The summed E-state index contributed by atoms with van der Waals surface area (Å²) in [6.45, 7) is 0. The van der Waals surface area contributed by atoms with Gasteiger partial charge in [-0.3, -0.25) is 9.59 Å². The van der Waals surface area contributed by atoms with E-state index in [0.717, 1.165) is 0 Å². The summed E-state index contributed by atoms with van der Waals surface area (Å²) >= 11 is 11.9. The Morgan fingerprint density at radius 1 is 0.719 bits per heavy atom. The third-order valence-electron chi connectivity index (χ3n) is 4.50. The fourth-order valence-electron chi connectivity index (χ4n) is 2.92. The fraction of sp³-hybridized carbons (Fsp3) is 0.130. The summed E-state index contributed by atoms with van der Waals surface area (Å²) < 4.78 is 15.8. The molecule has 2 amide bonds. The van der Waals surface area contributed by atoms with Gasteiger partial charge in [0.25, 0.3) is 11.8 Å². The highest BCUT2D eigenvalue weighted by molar-refractivity contribution is 6.37. The van der Waals surface area contributed by atoms with Crippen LogP contribution in [0, 0.1) is 0 Å². The highest BCUT2D eigenvalue weighted by Crippen LogP contribution is 2.38. The summed E-state index contributed by atoms with van der Waals surface area (Å²) in [5, 5.41) is 6.23. The molecule has 9 heteroatoms. The van der Waals surface area contributed by atoms with Crippen LogP contribution in [0.4, 0.5) is 11.4 Å². The lowest BCUT2D eigenvalue weighted by Gasteiger charge is -2.14. The van der Waals surface area contributed by atoms with Gasteiger partial charge in [-0.2, -0.15) is 0 Å². The molecule has 2 N–H and O–H groups in total. The van der Waals surface area contributed by atoms with Gasteiger partial charge in [-0.15, -0.1) is 0 Å². The number of amides is 2. The van der Waals surface area contributed by atoms with Gasteiger partial charge in [0.15, 0.2) is 11.5 Å². The molecular weight excluding hydrogens is 455 g/mol. The Kier molecular flexibility index (Phi) is 7.45. The maximum Gasteiger partial charge on any atom is 0.257 e. The van der Waals surface area contributed by atoms with Gasteiger partial charge in [0.2, 0.25) is 5.75 Å². The van der Waals surface area contributed by atoms with E-state index in [9.17, 15) is 9.59 Å². The smallest absolute Gasteiger partial charge is 0.257 e. The zero-order chi connectivity index (χ0) is 23.3. The van der Waals surface area contributed by atoms with Gasteiger partial charge in [0.1, 0.15) is 0 Å². The van der Waals surface area contributed by atoms with E-state index >= 15 is 0 Å². The molecule has 0 saturated heterocycles. The van der Waals surface area contributed by atoms with Crippen molar-refractivity contribution in [3.8, 4) is 17.2 Å². The second-order valence-electron chi connectivity index (χ2n) is 6.52. The van der Waals surface area contributed by atoms with Gasteiger partial charge in [-0.25, -0.2) is 0 Å². The molecule has 0 aliphatic rings. The van der Waals surface area contributed by atoms with Crippen LogP contribution in [0.3, 0.4) is 0 Å². The van der Waals surface area contributed by atoms with E-state index < -0.39 is 0 Å². The number of carbonyl (C=O) groups is 2. The summed E-state index contributed by atoms with van der Waals surface area (Å²) in [5.74, 6) is 0.397.